The van der Waals surface area contributed by atoms with Crippen LogP contribution in [0.15, 0.2) is 41.8 Å². The number of nitrogens with one attached hydrogen (secondary N) is 1. The number of rotatable bonds is 3. The molecule has 1 aliphatic rings. The van der Waals surface area contributed by atoms with Crippen molar-refractivity contribution in [2.24, 2.45) is 5.10 Å². The Morgan fingerprint density at radius 1 is 1.31 bits per heavy atom. The van der Waals surface area contributed by atoms with E-state index >= 15 is 0 Å². The third-order valence-corrected chi connectivity index (χ3v) is 5.88. The number of thiazole rings is 1. The largest absolute Gasteiger partial charge is 0.452 e. The number of hydrogen-bond acceptors (Lipinski definition) is 8. The van der Waals surface area contributed by atoms with Gasteiger partial charge in [-0.25, -0.2) is 20.2 Å². The number of ether oxygens (including phenoxy) is 1. The molecule has 9 heteroatoms. The Balaban J connectivity index is 1.74. The van der Waals surface area contributed by atoms with Crippen LogP contribution < -0.4 is 10.3 Å². The van der Waals surface area contributed by atoms with Crippen molar-refractivity contribution in [1.29, 1.82) is 0 Å². The van der Waals surface area contributed by atoms with Crippen molar-refractivity contribution in [1.82, 2.24) is 20.4 Å². The predicted octanol–water partition coefficient (Wildman–Crippen LogP) is 3.48. The summed E-state index contributed by atoms with van der Waals surface area (Å²) in [7, 11) is 3.32. The Labute approximate surface area is 172 Å². The lowest BCUT2D eigenvalue weighted by Gasteiger charge is -2.27. The Hall–Kier alpha value is -3.33. The van der Waals surface area contributed by atoms with Crippen LogP contribution in [0.3, 0.4) is 0 Å². The zero-order chi connectivity index (χ0) is 20.4. The molecule has 4 heterocycles. The van der Waals surface area contributed by atoms with Gasteiger partial charge in [0.15, 0.2) is 0 Å². The fourth-order valence-electron chi connectivity index (χ4n) is 3.13. The van der Waals surface area contributed by atoms with Crippen LogP contribution in [0.2, 0.25) is 0 Å². The van der Waals surface area contributed by atoms with Gasteiger partial charge in [0.25, 0.3) is 0 Å². The number of carbonyl (C=O) groups excluding carboxylic acids is 1. The fraction of sp³-hybridized carbons (Fsp3) is 0.250. The van der Waals surface area contributed by atoms with Crippen LogP contribution in [-0.2, 0) is 4.74 Å². The second-order valence-electron chi connectivity index (χ2n) is 6.57. The molecule has 0 bridgehead atoms. The maximum Gasteiger partial charge on any atom is 0.427 e. The van der Waals surface area contributed by atoms with Crippen molar-refractivity contribution in [3.63, 3.8) is 0 Å². The van der Waals surface area contributed by atoms with Crippen LogP contribution >= 0.6 is 11.3 Å². The average Bonchev–Trinajstić information content (AvgIpc) is 3.15. The Kier molecular flexibility index (Phi) is 5.22. The Bertz CT molecular complexity index is 1080. The van der Waals surface area contributed by atoms with E-state index in [1.165, 1.54) is 7.11 Å². The van der Waals surface area contributed by atoms with Crippen molar-refractivity contribution in [3.8, 4) is 21.1 Å². The Morgan fingerprint density at radius 3 is 2.93 bits per heavy atom. The molecule has 148 valence electrons. The van der Waals surface area contributed by atoms with Gasteiger partial charge in [0.1, 0.15) is 10.7 Å². The number of methoxy groups -OCH3 is 1. The number of pyridine rings is 2. The summed E-state index contributed by atoms with van der Waals surface area (Å²) in [5.41, 5.74) is 7.58. The molecule has 0 saturated carbocycles. The lowest BCUT2D eigenvalue weighted by molar-refractivity contribution is 0.171. The zero-order valence-corrected chi connectivity index (χ0v) is 17.2. The first kappa shape index (κ1) is 19.0. The first-order chi connectivity index (χ1) is 14.1. The molecular formula is C20H20N6O2S. The van der Waals surface area contributed by atoms with E-state index in [0.717, 1.165) is 50.5 Å². The standard InChI is InChI=1S/C20H20N6O2S/c1-12-18(29-19(22-12)13-5-4-9-21-11-13)15-6-7-16-17(23-15)14(8-10-26(16)2)24-25-20(27)28-3/h4-7,9,11H,8,10H2,1-3H3,(H,25,27)/b24-14+. The number of fused-ring (bicyclic) bond motifs is 1. The van der Waals surface area contributed by atoms with Crippen molar-refractivity contribution in [2.75, 3.05) is 25.6 Å². The van der Waals surface area contributed by atoms with Gasteiger partial charge < -0.3 is 9.64 Å². The minimum atomic E-state index is -0.603. The molecule has 0 spiro atoms. The molecule has 29 heavy (non-hydrogen) atoms. The normalized spacial score (nSPS) is 14.6. The van der Waals surface area contributed by atoms with E-state index in [9.17, 15) is 4.79 Å². The highest BCUT2D eigenvalue weighted by molar-refractivity contribution is 7.18. The molecule has 8 nitrogen and oxygen atoms in total. The van der Waals surface area contributed by atoms with E-state index in [0.29, 0.717) is 6.42 Å². The van der Waals surface area contributed by atoms with Crippen LogP contribution in [0.25, 0.3) is 21.1 Å². The van der Waals surface area contributed by atoms with Crippen molar-refractivity contribution in [2.45, 2.75) is 13.3 Å². The highest BCUT2D eigenvalue weighted by Gasteiger charge is 2.23. The van der Waals surface area contributed by atoms with Crippen molar-refractivity contribution < 1.29 is 9.53 Å². The third-order valence-electron chi connectivity index (χ3n) is 4.65. The summed E-state index contributed by atoms with van der Waals surface area (Å²) in [5, 5.41) is 5.13. The maximum absolute atomic E-state index is 11.4. The summed E-state index contributed by atoms with van der Waals surface area (Å²) in [4.78, 5) is 28.3. The summed E-state index contributed by atoms with van der Waals surface area (Å²) >= 11 is 1.58. The molecular weight excluding hydrogens is 388 g/mol. The van der Waals surface area contributed by atoms with Crippen molar-refractivity contribution in [3.05, 3.63) is 48.0 Å². The van der Waals surface area contributed by atoms with E-state index in [1.807, 2.05) is 38.2 Å². The molecule has 1 aliphatic heterocycles. The summed E-state index contributed by atoms with van der Waals surface area (Å²) in [6.45, 7) is 2.77. The number of hydrazone groups is 1. The van der Waals surface area contributed by atoms with Gasteiger partial charge in [-0.15, -0.1) is 11.3 Å². The topological polar surface area (TPSA) is 92.6 Å². The lowest BCUT2D eigenvalue weighted by Crippen LogP contribution is -2.31. The first-order valence-corrected chi connectivity index (χ1v) is 9.89. The number of aromatic nitrogens is 3. The van der Waals surface area contributed by atoms with Gasteiger partial charge in [0.05, 0.1) is 34.8 Å². The second-order valence-corrected chi connectivity index (χ2v) is 7.57. The number of amides is 1. The number of hydrogen-bond donors (Lipinski definition) is 1. The van der Waals surface area contributed by atoms with E-state index in [1.54, 1.807) is 23.7 Å². The summed E-state index contributed by atoms with van der Waals surface area (Å²) < 4.78 is 4.60. The predicted molar refractivity (Wildman–Crippen MR) is 113 cm³/mol. The van der Waals surface area contributed by atoms with Gasteiger partial charge in [-0.2, -0.15) is 5.10 Å². The summed E-state index contributed by atoms with van der Waals surface area (Å²) in [6, 6.07) is 7.93. The smallest absolute Gasteiger partial charge is 0.427 e. The fourth-order valence-corrected chi connectivity index (χ4v) is 4.15. The van der Waals surface area contributed by atoms with Gasteiger partial charge in [-0.1, -0.05) is 0 Å². The minimum Gasteiger partial charge on any atom is -0.452 e. The molecule has 0 unspecified atom stereocenters. The molecule has 3 aromatic heterocycles. The SMILES string of the molecule is COC(=O)N/N=C1\CCN(C)c2ccc(-c3sc(-c4cccnc4)nc3C)nc21. The molecule has 0 aromatic carbocycles. The molecule has 0 fully saturated rings. The monoisotopic (exact) mass is 408 g/mol. The second kappa shape index (κ2) is 7.96. The van der Waals surface area contributed by atoms with Gasteiger partial charge in [0, 0.05) is 38.0 Å². The zero-order valence-electron chi connectivity index (χ0n) is 16.3. The van der Waals surface area contributed by atoms with E-state index < -0.39 is 6.09 Å². The number of aryl methyl sites for hydroxylation is 1. The Morgan fingerprint density at radius 2 is 2.17 bits per heavy atom. The average molecular weight is 408 g/mol. The van der Waals surface area contributed by atoms with Gasteiger partial charge >= 0.3 is 6.09 Å². The van der Waals surface area contributed by atoms with Crippen LogP contribution in [0, 0.1) is 6.92 Å². The molecule has 0 atom stereocenters. The maximum atomic E-state index is 11.4. The molecule has 1 N–H and O–H groups in total. The lowest BCUT2D eigenvalue weighted by atomic mass is 10.0. The highest BCUT2D eigenvalue weighted by atomic mass is 32.1. The molecule has 4 rings (SSSR count). The molecule has 0 radical (unpaired) electrons. The first-order valence-electron chi connectivity index (χ1n) is 9.08. The highest BCUT2D eigenvalue weighted by Crippen LogP contribution is 2.36. The van der Waals surface area contributed by atoms with E-state index in [2.05, 4.69) is 25.1 Å². The van der Waals surface area contributed by atoms with Gasteiger partial charge in [-0.05, 0) is 31.2 Å². The van der Waals surface area contributed by atoms with Crippen LogP contribution in [-0.4, -0.2) is 47.5 Å². The van der Waals surface area contributed by atoms with Gasteiger partial charge in [-0.3, -0.25) is 4.98 Å². The molecule has 0 aliphatic carbocycles. The van der Waals surface area contributed by atoms with Gasteiger partial charge in [0.2, 0.25) is 0 Å². The summed E-state index contributed by atoms with van der Waals surface area (Å²) in [5.74, 6) is 0. The van der Waals surface area contributed by atoms with E-state index in [4.69, 9.17) is 9.97 Å². The van der Waals surface area contributed by atoms with Crippen molar-refractivity contribution >= 4 is 28.8 Å². The quantitative estimate of drug-likeness (QED) is 0.667. The van der Waals surface area contributed by atoms with E-state index in [-0.39, 0.29) is 0 Å². The third kappa shape index (κ3) is 3.81. The molecule has 3 aromatic rings. The van der Waals surface area contributed by atoms with Crippen LogP contribution in [0.5, 0.6) is 0 Å². The molecule has 0 saturated heterocycles. The summed E-state index contributed by atoms with van der Waals surface area (Å²) in [6.07, 6.45) is 3.62. The van der Waals surface area contributed by atoms with Crippen LogP contribution in [0.4, 0.5) is 10.5 Å². The molecule has 1 amide bonds. The number of carbonyl (C=O) groups is 1. The minimum absolute atomic E-state index is 0.603. The number of anilines is 1. The number of nitrogens with zero attached hydrogens (tertiary/aromatic N) is 5. The van der Waals surface area contributed by atoms with Crippen LogP contribution in [0.1, 0.15) is 17.8 Å².